The van der Waals surface area contributed by atoms with Crippen molar-refractivity contribution >= 4 is 17.4 Å². The van der Waals surface area contributed by atoms with Crippen molar-refractivity contribution in [2.24, 2.45) is 0 Å². The molecular weight excluding hydrogens is 416 g/mol. The molecule has 4 heterocycles. The number of allylic oxidation sites excluding steroid dienone is 1. The van der Waals surface area contributed by atoms with E-state index in [4.69, 9.17) is 0 Å². The lowest BCUT2D eigenvalue weighted by Crippen LogP contribution is -2.45. The fraction of sp³-hybridized carbons (Fsp3) is 0.280. The van der Waals surface area contributed by atoms with Crippen molar-refractivity contribution in [1.82, 2.24) is 19.9 Å². The number of nitrogens with one attached hydrogen (secondary N) is 3. The number of carbonyl (C=O) groups is 1. The van der Waals surface area contributed by atoms with Gasteiger partial charge in [0.1, 0.15) is 11.5 Å². The summed E-state index contributed by atoms with van der Waals surface area (Å²) in [4.78, 5) is 38.3. The summed E-state index contributed by atoms with van der Waals surface area (Å²) in [6, 6.07) is 11.4. The van der Waals surface area contributed by atoms with Gasteiger partial charge in [-0.2, -0.15) is 0 Å². The summed E-state index contributed by atoms with van der Waals surface area (Å²) >= 11 is 0. The average molecular weight is 445 g/mol. The monoisotopic (exact) mass is 444 g/mol. The fourth-order valence-electron chi connectivity index (χ4n) is 3.92. The van der Waals surface area contributed by atoms with Gasteiger partial charge in [0.15, 0.2) is 0 Å². The topological polar surface area (TPSA) is 103 Å². The summed E-state index contributed by atoms with van der Waals surface area (Å²) in [5, 5.41) is 6.37. The Hall–Kier alpha value is -3.94. The second kappa shape index (κ2) is 10.6. The van der Waals surface area contributed by atoms with Crippen LogP contribution in [0.25, 0.3) is 11.1 Å². The van der Waals surface area contributed by atoms with Crippen molar-refractivity contribution in [2.45, 2.75) is 25.3 Å². The van der Waals surface area contributed by atoms with E-state index in [0.29, 0.717) is 25.2 Å². The molecule has 0 aromatic carbocycles. The molecule has 170 valence electrons. The zero-order chi connectivity index (χ0) is 23.0. The fourth-order valence-corrected chi connectivity index (χ4v) is 3.92. The normalized spacial score (nSPS) is 16.0. The van der Waals surface area contributed by atoms with Gasteiger partial charge in [0.2, 0.25) is 5.91 Å². The molecule has 1 aliphatic heterocycles. The van der Waals surface area contributed by atoms with Gasteiger partial charge in [0, 0.05) is 62.4 Å². The molecule has 0 saturated carbocycles. The molecule has 0 aliphatic carbocycles. The van der Waals surface area contributed by atoms with Crippen LogP contribution in [0.4, 0.5) is 11.5 Å². The number of pyridine rings is 3. The first-order valence-corrected chi connectivity index (χ1v) is 11.1. The number of H-pyrrole nitrogens is 1. The number of hydrogen-bond acceptors (Lipinski definition) is 6. The summed E-state index contributed by atoms with van der Waals surface area (Å²) in [6.07, 6.45) is 11.0. The summed E-state index contributed by atoms with van der Waals surface area (Å²) in [5.41, 5.74) is 3.08. The van der Waals surface area contributed by atoms with Crippen molar-refractivity contribution in [3.05, 3.63) is 83.2 Å². The van der Waals surface area contributed by atoms with Gasteiger partial charge < -0.3 is 20.5 Å². The first kappa shape index (κ1) is 22.3. The summed E-state index contributed by atoms with van der Waals surface area (Å²) in [6.45, 7) is 1.26. The molecular formula is C25H28N6O2. The largest absolute Gasteiger partial charge is 0.376 e. The van der Waals surface area contributed by atoms with Crippen LogP contribution in [-0.2, 0) is 11.2 Å². The zero-order valence-corrected chi connectivity index (χ0v) is 18.6. The van der Waals surface area contributed by atoms with E-state index in [0.717, 1.165) is 35.5 Å². The number of piperidine rings is 1. The number of nitrogens with zero attached hydrogens (tertiary/aromatic N) is 3. The van der Waals surface area contributed by atoms with Crippen LogP contribution in [-0.4, -0.2) is 51.9 Å². The van der Waals surface area contributed by atoms with Crippen molar-refractivity contribution in [3.63, 3.8) is 0 Å². The number of hydrogen-bond donors (Lipinski definition) is 3. The van der Waals surface area contributed by atoms with Crippen LogP contribution in [0, 0.1) is 0 Å². The molecule has 8 nitrogen and oxygen atoms in total. The van der Waals surface area contributed by atoms with Gasteiger partial charge in [-0.05, 0) is 54.8 Å². The number of anilines is 2. The highest BCUT2D eigenvalue weighted by atomic mass is 16.2. The number of likely N-dealkylation sites (tertiary alicyclic amines) is 1. The van der Waals surface area contributed by atoms with Crippen LogP contribution in [0.2, 0.25) is 0 Å². The molecule has 0 unspecified atom stereocenters. The van der Waals surface area contributed by atoms with Crippen LogP contribution in [0.15, 0.2) is 71.9 Å². The Morgan fingerprint density at radius 3 is 2.94 bits per heavy atom. The van der Waals surface area contributed by atoms with E-state index in [1.807, 2.05) is 54.4 Å². The maximum atomic E-state index is 12.7. The summed E-state index contributed by atoms with van der Waals surface area (Å²) in [7, 11) is 1.82. The number of carbonyl (C=O) groups excluding carboxylic acids is 1. The number of amides is 1. The second-order valence-corrected chi connectivity index (χ2v) is 8.01. The minimum atomic E-state index is -0.180. The third-order valence-electron chi connectivity index (χ3n) is 5.66. The molecule has 1 atom stereocenters. The number of rotatable bonds is 7. The molecule has 8 heteroatoms. The van der Waals surface area contributed by atoms with Crippen molar-refractivity contribution in [2.75, 3.05) is 30.8 Å². The van der Waals surface area contributed by atoms with Crippen LogP contribution in [0.1, 0.15) is 18.5 Å². The van der Waals surface area contributed by atoms with E-state index in [1.54, 1.807) is 24.7 Å². The predicted octanol–water partition coefficient (Wildman–Crippen LogP) is 3.08. The van der Waals surface area contributed by atoms with E-state index in [1.165, 1.54) is 0 Å². The van der Waals surface area contributed by atoms with Crippen LogP contribution < -0.4 is 16.2 Å². The highest BCUT2D eigenvalue weighted by Gasteiger charge is 2.23. The Kier molecular flexibility index (Phi) is 7.14. The molecule has 0 radical (unpaired) electrons. The lowest BCUT2D eigenvalue weighted by molar-refractivity contribution is -0.127. The van der Waals surface area contributed by atoms with E-state index < -0.39 is 0 Å². The summed E-state index contributed by atoms with van der Waals surface area (Å²) in [5.74, 6) is 0.738. The smallest absolute Gasteiger partial charge is 0.271 e. The Morgan fingerprint density at radius 1 is 1.21 bits per heavy atom. The van der Waals surface area contributed by atoms with Gasteiger partial charge in [-0.25, -0.2) is 4.98 Å². The number of aromatic nitrogens is 3. The van der Waals surface area contributed by atoms with Crippen molar-refractivity contribution in [1.29, 1.82) is 0 Å². The highest BCUT2D eigenvalue weighted by Crippen LogP contribution is 2.23. The zero-order valence-electron chi connectivity index (χ0n) is 18.6. The summed E-state index contributed by atoms with van der Waals surface area (Å²) < 4.78 is 0. The maximum Gasteiger partial charge on any atom is 0.271 e. The molecule has 0 bridgehead atoms. The highest BCUT2D eigenvalue weighted by molar-refractivity contribution is 5.87. The Balaban J connectivity index is 1.40. The minimum absolute atomic E-state index is 0.00792. The Bertz CT molecular complexity index is 1170. The van der Waals surface area contributed by atoms with E-state index in [2.05, 4.69) is 25.6 Å². The molecule has 3 N–H and O–H groups in total. The van der Waals surface area contributed by atoms with Gasteiger partial charge in [-0.3, -0.25) is 14.6 Å². The Labute approximate surface area is 192 Å². The Morgan fingerprint density at radius 2 is 2.12 bits per heavy atom. The van der Waals surface area contributed by atoms with Crippen LogP contribution in [0.3, 0.4) is 0 Å². The third-order valence-corrected chi connectivity index (χ3v) is 5.66. The molecule has 4 rings (SSSR count). The second-order valence-electron chi connectivity index (χ2n) is 8.01. The van der Waals surface area contributed by atoms with Gasteiger partial charge in [0.05, 0.1) is 0 Å². The molecule has 1 aliphatic rings. The van der Waals surface area contributed by atoms with Crippen molar-refractivity contribution < 1.29 is 4.79 Å². The molecule has 3 aromatic rings. The molecule has 0 spiro atoms. The van der Waals surface area contributed by atoms with Gasteiger partial charge in [-0.1, -0.05) is 12.1 Å². The molecule has 1 amide bonds. The lowest BCUT2D eigenvalue weighted by Gasteiger charge is -2.33. The predicted molar refractivity (Wildman–Crippen MR) is 130 cm³/mol. The third kappa shape index (κ3) is 5.85. The van der Waals surface area contributed by atoms with E-state index in [9.17, 15) is 9.59 Å². The molecule has 1 fully saturated rings. The minimum Gasteiger partial charge on any atom is -0.376 e. The standard InChI is InChI=1S/C25H28N6O2/c1-26-23-15-18(10-12-28-23)19-14-22(25(33)29-16-19)30-21-8-5-13-31(17-21)24(32)9-4-7-20-6-2-3-11-27-20/h2-4,6,9-12,14-16,21,30H,5,7-8,13,17H2,1H3,(H,26,28)(H,29,33)/b9-4+/t21-/m1/s1. The lowest BCUT2D eigenvalue weighted by atomic mass is 10.0. The van der Waals surface area contributed by atoms with E-state index >= 15 is 0 Å². The first-order chi connectivity index (χ1) is 16.1. The van der Waals surface area contributed by atoms with Gasteiger partial charge in [-0.15, -0.1) is 0 Å². The molecule has 33 heavy (non-hydrogen) atoms. The van der Waals surface area contributed by atoms with Crippen LogP contribution in [0.5, 0.6) is 0 Å². The number of aromatic amines is 1. The molecule has 1 saturated heterocycles. The van der Waals surface area contributed by atoms with Crippen molar-refractivity contribution in [3.8, 4) is 11.1 Å². The SMILES string of the molecule is CNc1cc(-c2c[nH]c(=O)c(N[C@@H]3CCCN(C(=O)/C=C/Cc4ccccn4)C3)c2)ccn1. The van der Waals surface area contributed by atoms with E-state index in [-0.39, 0.29) is 17.5 Å². The maximum absolute atomic E-state index is 12.7. The van der Waals surface area contributed by atoms with Gasteiger partial charge in [0.25, 0.3) is 5.56 Å². The van der Waals surface area contributed by atoms with Crippen LogP contribution >= 0.6 is 0 Å². The first-order valence-electron chi connectivity index (χ1n) is 11.1. The van der Waals surface area contributed by atoms with Gasteiger partial charge >= 0.3 is 0 Å². The average Bonchev–Trinajstić information content (AvgIpc) is 2.86. The molecule has 3 aromatic heterocycles. The quantitative estimate of drug-likeness (QED) is 0.484.